The van der Waals surface area contributed by atoms with E-state index in [1.807, 2.05) is 0 Å². The Morgan fingerprint density at radius 1 is 1.14 bits per heavy atom. The van der Waals surface area contributed by atoms with Gasteiger partial charge in [0, 0.05) is 46.1 Å². The van der Waals surface area contributed by atoms with Crippen molar-refractivity contribution in [2.24, 2.45) is 7.05 Å². The number of H-pyrrole nitrogens is 1. The van der Waals surface area contributed by atoms with Gasteiger partial charge in [0.05, 0.1) is 5.56 Å². The maximum atomic E-state index is 13.4. The molecule has 5 nitrogen and oxygen atoms in total. The summed E-state index contributed by atoms with van der Waals surface area (Å²) in [6, 6.07) is 11.7. The maximum Gasteiger partial charge on any atom is 0.417 e. The highest BCUT2D eigenvalue weighted by molar-refractivity contribution is 6.30. The summed E-state index contributed by atoms with van der Waals surface area (Å²) < 4.78 is 41.6. The van der Waals surface area contributed by atoms with Crippen LogP contribution in [0.4, 0.5) is 18.9 Å². The summed E-state index contributed by atoms with van der Waals surface area (Å²) in [7, 11) is 1.65. The van der Waals surface area contributed by atoms with Crippen LogP contribution in [-0.2, 0) is 13.2 Å². The number of carbonyl (C=O) groups is 1. The van der Waals surface area contributed by atoms with Crippen LogP contribution >= 0.6 is 11.6 Å². The van der Waals surface area contributed by atoms with Crippen molar-refractivity contribution in [2.45, 2.75) is 6.18 Å². The fourth-order valence-electron chi connectivity index (χ4n) is 3.13. The molecule has 0 fully saturated rings. The molecule has 0 aliphatic heterocycles. The van der Waals surface area contributed by atoms with Gasteiger partial charge < -0.3 is 10.3 Å². The molecule has 0 saturated carbocycles. The number of hydrogen-bond acceptors (Lipinski definition) is 2. The first kappa shape index (κ1) is 19.1. The third-order valence-corrected chi connectivity index (χ3v) is 4.75. The molecule has 9 heteroatoms. The number of anilines is 1. The molecule has 0 aliphatic carbocycles. The molecule has 0 bridgehead atoms. The zero-order valence-corrected chi connectivity index (χ0v) is 15.8. The molecule has 148 valence electrons. The Kier molecular flexibility index (Phi) is 4.58. The summed E-state index contributed by atoms with van der Waals surface area (Å²) >= 11 is 5.92. The third-order valence-electron chi connectivity index (χ3n) is 4.51. The van der Waals surface area contributed by atoms with Crippen molar-refractivity contribution < 1.29 is 18.0 Å². The van der Waals surface area contributed by atoms with Crippen LogP contribution in [0.1, 0.15) is 16.1 Å². The highest BCUT2D eigenvalue weighted by Crippen LogP contribution is 2.39. The Balaban J connectivity index is 1.71. The average molecular weight is 419 g/mol. The number of fused-ring (bicyclic) bond motifs is 1. The Morgan fingerprint density at radius 2 is 1.93 bits per heavy atom. The summed E-state index contributed by atoms with van der Waals surface area (Å²) in [5, 5.41) is 7.60. The van der Waals surface area contributed by atoms with E-state index in [1.165, 1.54) is 23.0 Å². The molecular weight excluding hydrogens is 405 g/mol. The number of carbonyl (C=O) groups excluding carboxylic acids is 1. The number of nitrogens with one attached hydrogen (secondary N) is 2. The number of benzene rings is 2. The van der Waals surface area contributed by atoms with E-state index in [2.05, 4.69) is 15.4 Å². The van der Waals surface area contributed by atoms with Crippen LogP contribution in [-0.4, -0.2) is 20.7 Å². The highest BCUT2D eigenvalue weighted by atomic mass is 35.5. The lowest BCUT2D eigenvalue weighted by Gasteiger charge is -2.12. The van der Waals surface area contributed by atoms with E-state index < -0.39 is 11.7 Å². The maximum absolute atomic E-state index is 13.4. The lowest BCUT2D eigenvalue weighted by Crippen LogP contribution is -2.15. The Hall–Kier alpha value is -3.26. The van der Waals surface area contributed by atoms with Gasteiger partial charge in [-0.25, -0.2) is 0 Å². The van der Waals surface area contributed by atoms with Gasteiger partial charge in [0.25, 0.3) is 5.91 Å². The fraction of sp³-hybridized carbons (Fsp3) is 0.100. The van der Waals surface area contributed by atoms with Gasteiger partial charge in [-0.3, -0.25) is 9.48 Å². The van der Waals surface area contributed by atoms with Crippen LogP contribution in [0.2, 0.25) is 5.02 Å². The number of hydrogen-bond donors (Lipinski definition) is 2. The first-order valence-electron chi connectivity index (χ1n) is 8.51. The molecule has 0 radical (unpaired) electrons. The van der Waals surface area contributed by atoms with E-state index in [9.17, 15) is 18.0 Å². The minimum absolute atomic E-state index is 0.0401. The fourth-order valence-corrected chi connectivity index (χ4v) is 3.30. The molecule has 0 atom stereocenters. The van der Waals surface area contributed by atoms with Crippen LogP contribution in [0.25, 0.3) is 22.2 Å². The second kappa shape index (κ2) is 6.97. The standard InChI is InChI=1S/C20H14ClF3N4O/c1-28-18(6-7-25-28)19(29)26-13-4-2-11-8-17(27-16(11)10-13)14-9-12(21)3-5-15(14)20(22,23)24/h2-10,27H,1H3,(H,26,29). The van der Waals surface area contributed by atoms with Gasteiger partial charge in [0.1, 0.15) is 5.69 Å². The molecule has 1 amide bonds. The van der Waals surface area contributed by atoms with Crippen molar-refractivity contribution in [3.8, 4) is 11.3 Å². The van der Waals surface area contributed by atoms with Gasteiger partial charge in [0.2, 0.25) is 0 Å². The predicted molar refractivity (Wildman–Crippen MR) is 105 cm³/mol. The van der Waals surface area contributed by atoms with Crippen LogP contribution in [0.3, 0.4) is 0 Å². The molecule has 0 unspecified atom stereocenters. The third kappa shape index (κ3) is 3.71. The van der Waals surface area contributed by atoms with Gasteiger partial charge in [-0.1, -0.05) is 17.7 Å². The van der Waals surface area contributed by atoms with Crippen LogP contribution in [0.5, 0.6) is 0 Å². The predicted octanol–water partition coefficient (Wildman–Crippen LogP) is 5.49. The minimum atomic E-state index is -4.51. The van der Waals surface area contributed by atoms with E-state index in [-0.39, 0.29) is 22.2 Å². The second-order valence-corrected chi connectivity index (χ2v) is 6.90. The van der Waals surface area contributed by atoms with Crippen molar-refractivity contribution in [1.82, 2.24) is 14.8 Å². The van der Waals surface area contributed by atoms with Crippen LogP contribution in [0, 0.1) is 0 Å². The van der Waals surface area contributed by atoms with E-state index in [4.69, 9.17) is 11.6 Å². The first-order chi connectivity index (χ1) is 13.7. The second-order valence-electron chi connectivity index (χ2n) is 6.47. The van der Waals surface area contributed by atoms with Crippen LogP contribution in [0.15, 0.2) is 54.7 Å². The Bertz CT molecular complexity index is 1230. The zero-order valence-electron chi connectivity index (χ0n) is 15.0. The molecular formula is C20H14ClF3N4O. The number of halogens is 4. The smallest absolute Gasteiger partial charge is 0.354 e. The van der Waals surface area contributed by atoms with Gasteiger partial charge >= 0.3 is 6.18 Å². The molecule has 4 rings (SSSR count). The average Bonchev–Trinajstić information content (AvgIpc) is 3.26. The molecule has 0 spiro atoms. The molecule has 2 aromatic heterocycles. The molecule has 0 aliphatic rings. The van der Waals surface area contributed by atoms with Gasteiger partial charge in [-0.15, -0.1) is 0 Å². The summed E-state index contributed by atoms with van der Waals surface area (Å²) in [5.41, 5.74) is 0.922. The van der Waals surface area contributed by atoms with Gasteiger partial charge in [-0.2, -0.15) is 18.3 Å². The monoisotopic (exact) mass is 418 g/mol. The topological polar surface area (TPSA) is 62.7 Å². The summed E-state index contributed by atoms with van der Waals surface area (Å²) in [4.78, 5) is 15.3. The number of alkyl halides is 3. The van der Waals surface area contributed by atoms with Crippen LogP contribution < -0.4 is 5.32 Å². The summed E-state index contributed by atoms with van der Waals surface area (Å²) in [6.07, 6.45) is -3.00. The van der Waals surface area contributed by atoms with Gasteiger partial charge in [-0.05, 0) is 42.5 Å². The van der Waals surface area contributed by atoms with E-state index in [1.54, 1.807) is 37.4 Å². The van der Waals surface area contributed by atoms with E-state index >= 15 is 0 Å². The number of aromatic nitrogens is 3. The normalized spacial score (nSPS) is 11.8. The largest absolute Gasteiger partial charge is 0.417 e. The summed E-state index contributed by atoms with van der Waals surface area (Å²) in [6.45, 7) is 0. The quantitative estimate of drug-likeness (QED) is 0.462. The number of amides is 1. The van der Waals surface area contributed by atoms with Crippen molar-refractivity contribution in [2.75, 3.05) is 5.32 Å². The zero-order chi connectivity index (χ0) is 20.8. The number of rotatable bonds is 3. The van der Waals surface area contributed by atoms with Crippen molar-refractivity contribution in [1.29, 1.82) is 0 Å². The number of aromatic amines is 1. The molecule has 4 aromatic rings. The highest BCUT2D eigenvalue weighted by Gasteiger charge is 2.34. The van der Waals surface area contributed by atoms with Crippen molar-refractivity contribution >= 4 is 34.1 Å². The Labute approximate surface area is 168 Å². The molecule has 0 saturated heterocycles. The minimum Gasteiger partial charge on any atom is -0.354 e. The number of nitrogens with zero attached hydrogens (tertiary/aromatic N) is 2. The van der Waals surface area contributed by atoms with E-state index in [0.29, 0.717) is 22.3 Å². The van der Waals surface area contributed by atoms with E-state index in [0.717, 1.165) is 6.07 Å². The lowest BCUT2D eigenvalue weighted by atomic mass is 10.0. The first-order valence-corrected chi connectivity index (χ1v) is 8.89. The van der Waals surface area contributed by atoms with Gasteiger partial charge in [0.15, 0.2) is 0 Å². The van der Waals surface area contributed by atoms with Crippen molar-refractivity contribution in [3.63, 3.8) is 0 Å². The SMILES string of the molecule is Cn1nccc1C(=O)Nc1ccc2cc(-c3cc(Cl)ccc3C(F)(F)F)[nH]c2c1. The lowest BCUT2D eigenvalue weighted by molar-refractivity contribution is -0.137. The molecule has 2 N–H and O–H groups in total. The molecule has 2 aromatic carbocycles. The number of aryl methyl sites for hydroxylation is 1. The Morgan fingerprint density at radius 3 is 2.62 bits per heavy atom. The molecule has 29 heavy (non-hydrogen) atoms. The molecule has 2 heterocycles. The van der Waals surface area contributed by atoms with Crippen molar-refractivity contribution in [3.05, 3.63) is 71.0 Å². The summed E-state index contributed by atoms with van der Waals surface area (Å²) in [5.74, 6) is -0.342.